The summed E-state index contributed by atoms with van der Waals surface area (Å²) in [6, 6.07) is 10.5. The Labute approximate surface area is 184 Å². The maximum atomic E-state index is 13.1. The summed E-state index contributed by atoms with van der Waals surface area (Å²) in [5.74, 6) is -0.440. The molecular weight excluding hydrogens is 440 g/mol. The van der Waals surface area contributed by atoms with Crippen LogP contribution < -0.4 is 15.8 Å². The van der Waals surface area contributed by atoms with E-state index in [-0.39, 0.29) is 23.4 Å². The van der Waals surface area contributed by atoms with Crippen LogP contribution in [0.2, 0.25) is 5.02 Å². The van der Waals surface area contributed by atoms with E-state index in [4.69, 9.17) is 11.6 Å². The molecule has 0 saturated carbocycles. The topological polar surface area (TPSA) is 101 Å². The number of hydrogen-bond donors (Lipinski definition) is 1. The summed E-state index contributed by atoms with van der Waals surface area (Å²) < 4.78 is 24.8. The van der Waals surface area contributed by atoms with Crippen molar-refractivity contribution in [1.29, 1.82) is 0 Å². The van der Waals surface area contributed by atoms with Gasteiger partial charge in [-0.1, -0.05) is 23.7 Å². The zero-order valence-corrected chi connectivity index (χ0v) is 18.4. The van der Waals surface area contributed by atoms with Gasteiger partial charge in [-0.15, -0.1) is 0 Å². The van der Waals surface area contributed by atoms with Gasteiger partial charge < -0.3 is 14.8 Å². The summed E-state index contributed by atoms with van der Waals surface area (Å²) in [5, 5.41) is 3.98. The van der Waals surface area contributed by atoms with E-state index in [0.29, 0.717) is 35.9 Å². The van der Waals surface area contributed by atoms with Gasteiger partial charge in [-0.25, -0.2) is 8.42 Å². The van der Waals surface area contributed by atoms with Gasteiger partial charge in [0, 0.05) is 37.5 Å². The van der Waals surface area contributed by atoms with Crippen molar-refractivity contribution in [1.82, 2.24) is 14.9 Å². The number of nitrogens with zero attached hydrogens (tertiary/aromatic N) is 3. The molecule has 0 saturated heterocycles. The molecule has 0 spiro atoms. The average Bonchev–Trinajstić information content (AvgIpc) is 2.74. The third-order valence-corrected chi connectivity index (χ3v) is 6.37. The van der Waals surface area contributed by atoms with Gasteiger partial charge >= 0.3 is 0 Å². The smallest absolute Gasteiger partial charge is 0.264 e. The fourth-order valence-electron chi connectivity index (χ4n) is 3.68. The average molecular weight is 461 g/mol. The minimum absolute atomic E-state index is 0.0346. The third-order valence-electron chi connectivity index (χ3n) is 5.22. The summed E-state index contributed by atoms with van der Waals surface area (Å²) in [6.45, 7) is 1.38. The molecular formula is C21H21ClN4O4S. The number of carbonyl (C=O) groups is 1. The molecule has 1 aromatic carbocycles. The second kappa shape index (κ2) is 8.32. The number of para-hydroxylation sites is 1. The molecule has 1 aliphatic heterocycles. The van der Waals surface area contributed by atoms with E-state index in [9.17, 15) is 18.0 Å². The van der Waals surface area contributed by atoms with Gasteiger partial charge in [0.15, 0.2) is 0 Å². The molecule has 1 N–H and O–H groups in total. The summed E-state index contributed by atoms with van der Waals surface area (Å²) in [6.07, 6.45) is 2.70. The lowest BCUT2D eigenvalue weighted by atomic mass is 10.1. The molecule has 162 valence electrons. The van der Waals surface area contributed by atoms with E-state index in [2.05, 4.69) is 10.3 Å². The van der Waals surface area contributed by atoms with Crippen molar-refractivity contribution in [2.45, 2.75) is 13.1 Å². The van der Waals surface area contributed by atoms with E-state index < -0.39 is 15.7 Å². The van der Waals surface area contributed by atoms with Crippen molar-refractivity contribution in [2.75, 3.05) is 30.0 Å². The molecule has 2 aromatic heterocycles. The van der Waals surface area contributed by atoms with E-state index in [1.165, 1.54) is 12.5 Å². The molecule has 3 aromatic rings. The molecule has 1 aliphatic rings. The lowest BCUT2D eigenvalue weighted by molar-refractivity contribution is 0.0948. The number of benzene rings is 1. The van der Waals surface area contributed by atoms with E-state index in [1.54, 1.807) is 22.8 Å². The number of nitrogens with one attached hydrogen (secondary N) is 1. The van der Waals surface area contributed by atoms with E-state index in [1.807, 2.05) is 23.1 Å². The van der Waals surface area contributed by atoms with Gasteiger partial charge in [0.25, 0.3) is 11.5 Å². The summed E-state index contributed by atoms with van der Waals surface area (Å²) in [5.41, 5.74) is 1.82. The maximum absolute atomic E-state index is 13.1. The van der Waals surface area contributed by atoms with Gasteiger partial charge in [-0.2, -0.15) is 0 Å². The Bertz CT molecular complexity index is 1320. The number of amides is 1. The van der Waals surface area contributed by atoms with Gasteiger partial charge in [0.05, 0.1) is 34.2 Å². The SMILES string of the molecule is CS(=O)(=O)CCN1CCn2c(=O)c(C(=O)NCc3ccc(Cl)cn3)cc3cccc1c32. The van der Waals surface area contributed by atoms with Crippen molar-refractivity contribution in [3.63, 3.8) is 0 Å². The minimum atomic E-state index is -3.10. The minimum Gasteiger partial charge on any atom is -0.367 e. The van der Waals surface area contributed by atoms with Gasteiger partial charge in [0.1, 0.15) is 15.4 Å². The van der Waals surface area contributed by atoms with Crippen LogP contribution in [-0.4, -0.2) is 49.0 Å². The highest BCUT2D eigenvalue weighted by Gasteiger charge is 2.23. The first kappa shape index (κ1) is 21.3. The summed E-state index contributed by atoms with van der Waals surface area (Å²) in [7, 11) is -3.10. The van der Waals surface area contributed by atoms with Gasteiger partial charge in [-0.05, 0) is 24.3 Å². The van der Waals surface area contributed by atoms with Crippen molar-refractivity contribution < 1.29 is 13.2 Å². The molecule has 0 bridgehead atoms. The third kappa shape index (κ3) is 4.57. The number of aromatic nitrogens is 2. The second-order valence-corrected chi connectivity index (χ2v) is 10.2. The van der Waals surface area contributed by atoms with Crippen LogP contribution in [0.15, 0.2) is 47.4 Å². The monoisotopic (exact) mass is 460 g/mol. The van der Waals surface area contributed by atoms with Crippen LogP contribution in [0.5, 0.6) is 0 Å². The van der Waals surface area contributed by atoms with Crippen LogP contribution in [-0.2, 0) is 22.9 Å². The molecule has 4 rings (SSSR count). The van der Waals surface area contributed by atoms with Crippen molar-refractivity contribution >= 4 is 43.9 Å². The Hall–Kier alpha value is -2.91. The standard InChI is InChI=1S/C21H21ClN4O4S/c1-31(29,30)10-9-25-7-8-26-19-14(3-2-4-18(19)25)11-17(21(26)28)20(27)24-13-16-6-5-15(22)12-23-16/h2-6,11-12H,7-10,13H2,1H3,(H,24,27). The Morgan fingerprint density at radius 2 is 2.03 bits per heavy atom. The first-order chi connectivity index (χ1) is 14.7. The molecule has 31 heavy (non-hydrogen) atoms. The Morgan fingerprint density at radius 1 is 1.23 bits per heavy atom. The zero-order valence-electron chi connectivity index (χ0n) is 16.8. The number of halogens is 1. The number of sulfone groups is 1. The van der Waals surface area contributed by atoms with Crippen LogP contribution in [0, 0.1) is 0 Å². The first-order valence-electron chi connectivity index (χ1n) is 9.71. The number of hydrogen-bond acceptors (Lipinski definition) is 6. The van der Waals surface area contributed by atoms with Crippen LogP contribution in [0.1, 0.15) is 16.1 Å². The van der Waals surface area contributed by atoms with Crippen molar-refractivity contribution in [3.05, 3.63) is 69.2 Å². The van der Waals surface area contributed by atoms with Crippen LogP contribution in [0.4, 0.5) is 5.69 Å². The van der Waals surface area contributed by atoms with E-state index >= 15 is 0 Å². The molecule has 0 radical (unpaired) electrons. The molecule has 10 heteroatoms. The molecule has 8 nitrogen and oxygen atoms in total. The molecule has 0 unspecified atom stereocenters. The van der Waals surface area contributed by atoms with Crippen LogP contribution >= 0.6 is 11.6 Å². The van der Waals surface area contributed by atoms with Crippen molar-refractivity contribution in [2.24, 2.45) is 0 Å². The van der Waals surface area contributed by atoms with E-state index in [0.717, 1.165) is 11.1 Å². The lowest BCUT2D eigenvalue weighted by Gasteiger charge is -2.32. The molecule has 0 fully saturated rings. The van der Waals surface area contributed by atoms with Crippen LogP contribution in [0.3, 0.4) is 0 Å². The second-order valence-electron chi connectivity index (χ2n) is 7.50. The highest BCUT2D eigenvalue weighted by Crippen LogP contribution is 2.29. The predicted octanol–water partition coefficient (Wildman–Crippen LogP) is 1.84. The number of carbonyl (C=O) groups excluding carboxylic acids is 1. The van der Waals surface area contributed by atoms with Crippen LogP contribution in [0.25, 0.3) is 10.9 Å². The summed E-state index contributed by atoms with van der Waals surface area (Å²) in [4.78, 5) is 31.9. The highest BCUT2D eigenvalue weighted by molar-refractivity contribution is 7.90. The highest BCUT2D eigenvalue weighted by atomic mass is 35.5. The Morgan fingerprint density at radius 3 is 2.74 bits per heavy atom. The number of pyridine rings is 2. The molecule has 0 atom stereocenters. The van der Waals surface area contributed by atoms with Gasteiger partial charge in [-0.3, -0.25) is 14.6 Å². The summed E-state index contributed by atoms with van der Waals surface area (Å²) >= 11 is 5.82. The number of anilines is 1. The zero-order chi connectivity index (χ0) is 22.2. The molecule has 3 heterocycles. The lowest BCUT2D eigenvalue weighted by Crippen LogP contribution is -2.41. The normalized spacial score (nSPS) is 13.4. The van der Waals surface area contributed by atoms with Crippen molar-refractivity contribution in [3.8, 4) is 0 Å². The maximum Gasteiger partial charge on any atom is 0.264 e. The molecule has 0 aliphatic carbocycles. The largest absolute Gasteiger partial charge is 0.367 e. The fraction of sp³-hybridized carbons (Fsp3) is 0.286. The van der Waals surface area contributed by atoms with Gasteiger partial charge in [0.2, 0.25) is 0 Å². The first-order valence-corrected chi connectivity index (χ1v) is 12.1. The Balaban J connectivity index is 1.64. The predicted molar refractivity (Wildman–Crippen MR) is 121 cm³/mol. The fourth-order valence-corrected chi connectivity index (χ4v) is 4.34. The Kier molecular flexibility index (Phi) is 5.72. The number of rotatable bonds is 6. The molecule has 1 amide bonds. The quantitative estimate of drug-likeness (QED) is 0.602.